The van der Waals surface area contributed by atoms with Gasteiger partial charge in [-0.2, -0.15) is 0 Å². The fourth-order valence-electron chi connectivity index (χ4n) is 2.62. The van der Waals surface area contributed by atoms with E-state index in [9.17, 15) is 20.1 Å². The first-order chi connectivity index (χ1) is 10.5. The zero-order chi connectivity index (χ0) is 15.9. The van der Waals surface area contributed by atoms with Crippen LogP contribution in [0.15, 0.2) is 30.3 Å². The summed E-state index contributed by atoms with van der Waals surface area (Å²) in [4.78, 5) is 12.6. The lowest BCUT2D eigenvalue weighted by atomic mass is 9.88. The lowest BCUT2D eigenvalue weighted by Gasteiger charge is -2.25. The number of phenols is 3. The summed E-state index contributed by atoms with van der Waals surface area (Å²) in [6.45, 7) is 1.73. The Labute approximate surface area is 127 Å². The van der Waals surface area contributed by atoms with Crippen molar-refractivity contribution in [1.82, 2.24) is 0 Å². The zero-order valence-corrected chi connectivity index (χ0v) is 12.0. The molecular weight excluding hydrogens is 284 g/mol. The fourth-order valence-corrected chi connectivity index (χ4v) is 2.62. The molecule has 0 aliphatic carbocycles. The van der Waals surface area contributed by atoms with Gasteiger partial charge >= 0.3 is 0 Å². The number of benzene rings is 2. The van der Waals surface area contributed by atoms with Crippen molar-refractivity contribution in [1.29, 1.82) is 0 Å². The van der Waals surface area contributed by atoms with Crippen LogP contribution in [0, 0.1) is 12.8 Å². The predicted octanol–water partition coefficient (Wildman–Crippen LogP) is 2.55. The molecule has 0 amide bonds. The summed E-state index contributed by atoms with van der Waals surface area (Å²) in [7, 11) is 0. The number of rotatable bonds is 2. The van der Waals surface area contributed by atoms with Crippen molar-refractivity contribution in [3.8, 4) is 23.0 Å². The molecule has 0 bridgehead atoms. The van der Waals surface area contributed by atoms with E-state index in [-0.39, 0.29) is 46.5 Å². The minimum atomic E-state index is -0.410. The number of hydrogen-bond donors (Lipinski definition) is 3. The Bertz CT molecular complexity index is 734. The Balaban J connectivity index is 1.91. The van der Waals surface area contributed by atoms with Crippen molar-refractivity contribution >= 4 is 5.78 Å². The molecule has 0 saturated heterocycles. The maximum absolute atomic E-state index is 12.6. The molecule has 0 unspecified atom stereocenters. The highest BCUT2D eigenvalue weighted by Crippen LogP contribution is 2.41. The molecule has 0 spiro atoms. The van der Waals surface area contributed by atoms with Crippen LogP contribution < -0.4 is 4.74 Å². The van der Waals surface area contributed by atoms with Crippen molar-refractivity contribution in [2.45, 2.75) is 13.3 Å². The second-order valence-electron chi connectivity index (χ2n) is 5.49. The number of hydrogen-bond acceptors (Lipinski definition) is 5. The van der Waals surface area contributed by atoms with Crippen molar-refractivity contribution in [3.05, 3.63) is 47.0 Å². The second kappa shape index (κ2) is 5.26. The van der Waals surface area contributed by atoms with Crippen LogP contribution in [-0.4, -0.2) is 27.7 Å². The number of carbonyl (C=O) groups is 1. The summed E-state index contributed by atoms with van der Waals surface area (Å²) in [5.74, 6) is -0.546. The maximum atomic E-state index is 12.6. The predicted molar refractivity (Wildman–Crippen MR) is 79.6 cm³/mol. The summed E-state index contributed by atoms with van der Waals surface area (Å²) < 4.78 is 5.53. The SMILES string of the molecule is Cc1c(O)cc2c(c1O)C(=O)[C@H](Cc1ccc(O)cc1)CO2. The largest absolute Gasteiger partial charge is 0.508 e. The third-order valence-corrected chi connectivity index (χ3v) is 3.97. The van der Waals surface area contributed by atoms with Crippen LogP contribution in [0.4, 0.5) is 0 Å². The molecule has 3 rings (SSSR count). The molecule has 0 fully saturated rings. The monoisotopic (exact) mass is 300 g/mol. The number of ether oxygens (including phenoxy) is 1. The van der Waals surface area contributed by atoms with Crippen LogP contribution >= 0.6 is 0 Å². The summed E-state index contributed by atoms with van der Waals surface area (Å²) in [5, 5.41) is 29.1. The number of phenolic OH excluding ortho intramolecular Hbond substituents is 3. The third-order valence-electron chi connectivity index (χ3n) is 3.97. The zero-order valence-electron chi connectivity index (χ0n) is 12.0. The van der Waals surface area contributed by atoms with Gasteiger partial charge in [0.25, 0.3) is 0 Å². The molecule has 0 saturated carbocycles. The molecular formula is C17H16O5. The minimum absolute atomic E-state index is 0.0963. The third kappa shape index (κ3) is 2.35. The fraction of sp³-hybridized carbons (Fsp3) is 0.235. The lowest BCUT2D eigenvalue weighted by molar-refractivity contribution is 0.0825. The quantitative estimate of drug-likeness (QED) is 0.793. The Hall–Kier alpha value is -2.69. The molecule has 5 heteroatoms. The highest BCUT2D eigenvalue weighted by molar-refractivity contribution is 6.04. The molecule has 1 heterocycles. The first kappa shape index (κ1) is 14.3. The van der Waals surface area contributed by atoms with E-state index in [0.29, 0.717) is 6.42 Å². The van der Waals surface area contributed by atoms with Gasteiger partial charge in [0.05, 0.1) is 12.5 Å². The number of fused-ring (bicyclic) bond motifs is 1. The molecule has 2 aromatic rings. The first-order valence-electron chi connectivity index (χ1n) is 6.98. The number of aromatic hydroxyl groups is 3. The topological polar surface area (TPSA) is 87.0 Å². The maximum Gasteiger partial charge on any atom is 0.177 e. The Morgan fingerprint density at radius 1 is 1.18 bits per heavy atom. The van der Waals surface area contributed by atoms with Crippen LogP contribution in [0.25, 0.3) is 0 Å². The van der Waals surface area contributed by atoms with Gasteiger partial charge in [0.15, 0.2) is 5.78 Å². The van der Waals surface area contributed by atoms with Gasteiger partial charge in [-0.25, -0.2) is 0 Å². The number of ketones is 1. The summed E-state index contributed by atoms with van der Waals surface area (Å²) in [5.41, 5.74) is 1.30. The van der Waals surface area contributed by atoms with Crippen molar-refractivity contribution in [2.24, 2.45) is 5.92 Å². The summed E-state index contributed by atoms with van der Waals surface area (Å²) in [6.07, 6.45) is 0.456. The van der Waals surface area contributed by atoms with E-state index in [2.05, 4.69) is 0 Å². The summed E-state index contributed by atoms with van der Waals surface area (Å²) >= 11 is 0. The van der Waals surface area contributed by atoms with E-state index in [0.717, 1.165) is 5.56 Å². The van der Waals surface area contributed by atoms with E-state index in [1.54, 1.807) is 31.2 Å². The standard InChI is InChI=1S/C17H16O5/c1-9-13(19)7-14-15(16(9)20)17(21)11(8-22-14)6-10-2-4-12(18)5-3-10/h2-5,7,11,18-20H,6,8H2,1H3/t11-/m1/s1. The van der Waals surface area contributed by atoms with Gasteiger partial charge in [-0.05, 0) is 31.0 Å². The molecule has 3 N–H and O–H groups in total. The molecule has 5 nitrogen and oxygen atoms in total. The molecule has 0 aromatic heterocycles. The van der Waals surface area contributed by atoms with E-state index >= 15 is 0 Å². The second-order valence-corrected chi connectivity index (χ2v) is 5.49. The minimum Gasteiger partial charge on any atom is -0.508 e. The highest BCUT2D eigenvalue weighted by atomic mass is 16.5. The average Bonchev–Trinajstić information content (AvgIpc) is 2.50. The van der Waals surface area contributed by atoms with Gasteiger partial charge in [0.1, 0.15) is 28.6 Å². The molecule has 1 aliphatic heterocycles. The smallest absolute Gasteiger partial charge is 0.177 e. The van der Waals surface area contributed by atoms with Crippen LogP contribution in [-0.2, 0) is 6.42 Å². The van der Waals surface area contributed by atoms with Crippen LogP contribution in [0.2, 0.25) is 0 Å². The highest BCUT2D eigenvalue weighted by Gasteiger charge is 2.33. The van der Waals surface area contributed by atoms with Gasteiger partial charge < -0.3 is 20.1 Å². The van der Waals surface area contributed by atoms with E-state index < -0.39 is 5.92 Å². The van der Waals surface area contributed by atoms with Crippen LogP contribution in [0.5, 0.6) is 23.0 Å². The number of Topliss-reactive ketones (excluding diaryl/α,β-unsaturated/α-hetero) is 1. The molecule has 114 valence electrons. The molecule has 1 aliphatic rings. The van der Waals surface area contributed by atoms with Gasteiger partial charge in [-0.3, -0.25) is 4.79 Å². The van der Waals surface area contributed by atoms with Crippen molar-refractivity contribution in [2.75, 3.05) is 6.61 Å². The van der Waals surface area contributed by atoms with Crippen molar-refractivity contribution in [3.63, 3.8) is 0 Å². The first-order valence-corrected chi connectivity index (χ1v) is 6.98. The normalized spacial score (nSPS) is 17.0. The Kier molecular flexibility index (Phi) is 3.41. The van der Waals surface area contributed by atoms with E-state index in [1.807, 2.05) is 0 Å². The van der Waals surface area contributed by atoms with Gasteiger partial charge in [-0.1, -0.05) is 12.1 Å². The molecule has 1 atom stereocenters. The number of carbonyl (C=O) groups excluding carboxylic acids is 1. The van der Waals surface area contributed by atoms with Gasteiger partial charge in [0.2, 0.25) is 0 Å². The Morgan fingerprint density at radius 2 is 1.86 bits per heavy atom. The van der Waals surface area contributed by atoms with E-state index in [4.69, 9.17) is 4.74 Å². The molecule has 0 radical (unpaired) electrons. The summed E-state index contributed by atoms with van der Waals surface area (Å²) in [6, 6.07) is 7.99. The van der Waals surface area contributed by atoms with Gasteiger partial charge in [0, 0.05) is 11.6 Å². The van der Waals surface area contributed by atoms with E-state index in [1.165, 1.54) is 6.07 Å². The van der Waals surface area contributed by atoms with Crippen LogP contribution in [0.3, 0.4) is 0 Å². The van der Waals surface area contributed by atoms with Gasteiger partial charge in [-0.15, -0.1) is 0 Å². The molecule has 22 heavy (non-hydrogen) atoms. The average molecular weight is 300 g/mol. The van der Waals surface area contributed by atoms with Crippen molar-refractivity contribution < 1.29 is 24.9 Å². The van der Waals surface area contributed by atoms with Crippen LogP contribution in [0.1, 0.15) is 21.5 Å². The lowest BCUT2D eigenvalue weighted by Crippen LogP contribution is -2.29. The molecule has 2 aromatic carbocycles. The Morgan fingerprint density at radius 3 is 2.55 bits per heavy atom.